The highest BCUT2D eigenvalue weighted by Crippen LogP contribution is 2.30. The highest BCUT2D eigenvalue weighted by Gasteiger charge is 2.47. The molecule has 2 atom stereocenters. The number of carbonyl (C=O) groups excluding carboxylic acids is 1. The van der Waals surface area contributed by atoms with Crippen molar-refractivity contribution in [2.45, 2.75) is 4.87 Å². The van der Waals surface area contributed by atoms with Crippen molar-refractivity contribution in [3.05, 3.63) is 60.2 Å². The van der Waals surface area contributed by atoms with E-state index in [4.69, 9.17) is 5.73 Å². The van der Waals surface area contributed by atoms with Gasteiger partial charge in [0.2, 0.25) is 0 Å². The fourth-order valence-electron chi connectivity index (χ4n) is 1.96. The van der Waals surface area contributed by atoms with Crippen molar-refractivity contribution in [2.24, 2.45) is 11.7 Å². The Morgan fingerprint density at radius 3 is 2.42 bits per heavy atom. The van der Waals surface area contributed by atoms with E-state index >= 15 is 0 Å². The van der Waals surface area contributed by atoms with Gasteiger partial charge in [-0.2, -0.15) is 8.42 Å². The molecule has 0 saturated carbocycles. The van der Waals surface area contributed by atoms with Crippen molar-refractivity contribution >= 4 is 15.9 Å². The first-order valence-corrected chi connectivity index (χ1v) is 7.01. The van der Waals surface area contributed by atoms with Crippen LogP contribution >= 0.6 is 0 Å². The van der Waals surface area contributed by atoms with Gasteiger partial charge in [-0.25, -0.2) is 0 Å². The van der Waals surface area contributed by atoms with E-state index in [9.17, 15) is 17.8 Å². The number of ketones is 1. The van der Waals surface area contributed by atoms with E-state index in [1.54, 1.807) is 30.3 Å². The maximum atomic E-state index is 12.3. The molecular weight excluding hydrogens is 266 g/mol. The molecule has 2 unspecified atom stereocenters. The lowest BCUT2D eigenvalue weighted by Crippen LogP contribution is -2.54. The molecule has 5 nitrogen and oxygen atoms in total. The molecule has 3 N–H and O–H groups in total. The summed E-state index contributed by atoms with van der Waals surface area (Å²) in [5, 5.41) is 0. The average Bonchev–Trinajstić information content (AvgIpc) is 2.38. The summed E-state index contributed by atoms with van der Waals surface area (Å²) in [5.74, 6) is -1.61. The van der Waals surface area contributed by atoms with Crippen LogP contribution in [0.1, 0.15) is 10.4 Å². The lowest BCUT2D eigenvalue weighted by atomic mass is 9.87. The summed E-state index contributed by atoms with van der Waals surface area (Å²) in [6.45, 7) is 0. The minimum atomic E-state index is -4.61. The summed E-state index contributed by atoms with van der Waals surface area (Å²) < 4.78 is 32.2. The Bertz CT molecular complexity index is 648. The van der Waals surface area contributed by atoms with Crippen molar-refractivity contribution < 1.29 is 17.8 Å². The Kier molecular flexibility index (Phi) is 3.40. The molecule has 0 fully saturated rings. The highest BCUT2D eigenvalue weighted by molar-refractivity contribution is 7.87. The summed E-state index contributed by atoms with van der Waals surface area (Å²) in [5.41, 5.74) is 6.06. The summed E-state index contributed by atoms with van der Waals surface area (Å²) in [6.07, 6.45) is 5.42. The molecule has 0 aliphatic heterocycles. The lowest BCUT2D eigenvalue weighted by molar-refractivity contribution is 0.0926. The monoisotopic (exact) mass is 279 g/mol. The van der Waals surface area contributed by atoms with Gasteiger partial charge >= 0.3 is 0 Å². The zero-order chi connectivity index (χ0) is 14.1. The first-order chi connectivity index (χ1) is 8.86. The number of Topliss-reactive ketones (excluding diaryl/α,β-unsaturated/α-hetero) is 1. The maximum Gasteiger partial charge on any atom is 0.288 e. The SMILES string of the molecule is NC1(S(=O)(=O)O)C=CC=CC1C(=O)c1ccccc1. The Hall–Kier alpha value is -1.76. The predicted molar refractivity (Wildman–Crippen MR) is 71.0 cm³/mol. The maximum absolute atomic E-state index is 12.3. The van der Waals surface area contributed by atoms with Crippen LogP contribution < -0.4 is 5.73 Å². The van der Waals surface area contributed by atoms with E-state index in [1.165, 1.54) is 18.2 Å². The number of benzene rings is 1. The lowest BCUT2D eigenvalue weighted by Gasteiger charge is -2.30. The number of nitrogens with two attached hydrogens (primary N) is 1. The molecule has 0 bridgehead atoms. The average molecular weight is 279 g/mol. The van der Waals surface area contributed by atoms with Gasteiger partial charge in [-0.05, 0) is 6.08 Å². The second kappa shape index (κ2) is 4.73. The van der Waals surface area contributed by atoms with Crippen molar-refractivity contribution in [1.29, 1.82) is 0 Å². The number of allylic oxidation sites excluding steroid dienone is 2. The molecule has 100 valence electrons. The van der Waals surface area contributed by atoms with Gasteiger partial charge in [-0.3, -0.25) is 9.35 Å². The molecular formula is C13H13NO4S. The van der Waals surface area contributed by atoms with Crippen LogP contribution in [0.25, 0.3) is 0 Å². The van der Waals surface area contributed by atoms with Crippen LogP contribution in [-0.4, -0.2) is 23.6 Å². The molecule has 1 aromatic carbocycles. The minimum Gasteiger partial charge on any atom is -0.306 e. The van der Waals surface area contributed by atoms with Crippen molar-refractivity contribution in [3.8, 4) is 0 Å². The highest BCUT2D eigenvalue weighted by atomic mass is 32.2. The van der Waals surface area contributed by atoms with Crippen molar-refractivity contribution in [1.82, 2.24) is 0 Å². The third-order valence-electron chi connectivity index (χ3n) is 3.05. The van der Waals surface area contributed by atoms with E-state index in [0.717, 1.165) is 6.08 Å². The Labute approximate surface area is 111 Å². The Morgan fingerprint density at radius 1 is 1.21 bits per heavy atom. The minimum absolute atomic E-state index is 0.339. The molecule has 6 heteroatoms. The molecule has 0 spiro atoms. The molecule has 19 heavy (non-hydrogen) atoms. The van der Waals surface area contributed by atoms with Crippen molar-refractivity contribution in [3.63, 3.8) is 0 Å². The zero-order valence-electron chi connectivity index (χ0n) is 9.93. The molecule has 0 amide bonds. The first-order valence-electron chi connectivity index (χ1n) is 5.57. The van der Waals surface area contributed by atoms with Gasteiger partial charge in [0.05, 0.1) is 5.92 Å². The molecule has 0 saturated heterocycles. The van der Waals surface area contributed by atoms with Gasteiger partial charge in [-0.15, -0.1) is 0 Å². The van der Waals surface area contributed by atoms with Crippen LogP contribution in [0.5, 0.6) is 0 Å². The predicted octanol–water partition coefficient (Wildman–Crippen LogP) is 1.15. The zero-order valence-corrected chi connectivity index (χ0v) is 10.7. The van der Waals surface area contributed by atoms with Gasteiger partial charge < -0.3 is 5.73 Å². The van der Waals surface area contributed by atoms with Gasteiger partial charge in [0.25, 0.3) is 10.1 Å². The van der Waals surface area contributed by atoms with E-state index < -0.39 is 26.7 Å². The third kappa shape index (κ3) is 2.37. The number of hydrogen-bond acceptors (Lipinski definition) is 4. The summed E-state index contributed by atoms with van der Waals surface area (Å²) in [4.78, 5) is 10.2. The van der Waals surface area contributed by atoms with Crippen LogP contribution in [-0.2, 0) is 10.1 Å². The fraction of sp³-hybridized carbons (Fsp3) is 0.154. The van der Waals surface area contributed by atoms with Gasteiger partial charge in [0, 0.05) is 5.56 Å². The van der Waals surface area contributed by atoms with E-state index in [-0.39, 0.29) is 0 Å². The molecule has 1 aliphatic rings. The summed E-state index contributed by atoms with van der Waals surface area (Å²) in [7, 11) is -4.61. The largest absolute Gasteiger partial charge is 0.306 e. The molecule has 0 heterocycles. The van der Waals surface area contributed by atoms with Gasteiger partial charge in [0.1, 0.15) is 0 Å². The molecule has 0 aromatic heterocycles. The fourth-order valence-corrected chi connectivity index (χ4v) is 2.71. The van der Waals surface area contributed by atoms with Crippen LogP contribution in [0.3, 0.4) is 0 Å². The number of hydrogen-bond donors (Lipinski definition) is 2. The Morgan fingerprint density at radius 2 is 1.84 bits per heavy atom. The molecule has 0 radical (unpaired) electrons. The second-order valence-electron chi connectivity index (χ2n) is 4.28. The number of carbonyl (C=O) groups is 1. The van der Waals surface area contributed by atoms with Crippen LogP contribution in [0.4, 0.5) is 0 Å². The van der Waals surface area contributed by atoms with Crippen molar-refractivity contribution in [2.75, 3.05) is 0 Å². The normalized spacial score (nSPS) is 26.3. The summed E-state index contributed by atoms with van der Waals surface area (Å²) >= 11 is 0. The standard InChI is InChI=1S/C13H13NO4S/c14-13(19(16,17)18)9-5-4-8-11(13)12(15)10-6-2-1-3-7-10/h1-9,11H,14H2,(H,16,17,18). The topological polar surface area (TPSA) is 97.5 Å². The molecule has 1 aliphatic carbocycles. The molecule has 2 rings (SSSR count). The van der Waals surface area contributed by atoms with E-state index in [0.29, 0.717) is 5.56 Å². The smallest absolute Gasteiger partial charge is 0.288 e. The van der Waals surface area contributed by atoms with Gasteiger partial charge in [-0.1, -0.05) is 48.6 Å². The van der Waals surface area contributed by atoms with Crippen LogP contribution in [0.15, 0.2) is 54.6 Å². The second-order valence-corrected chi connectivity index (χ2v) is 5.94. The quantitative estimate of drug-likeness (QED) is 0.639. The van der Waals surface area contributed by atoms with Crippen LogP contribution in [0.2, 0.25) is 0 Å². The summed E-state index contributed by atoms with van der Waals surface area (Å²) in [6, 6.07) is 8.21. The van der Waals surface area contributed by atoms with E-state index in [1.807, 2.05) is 0 Å². The van der Waals surface area contributed by atoms with Gasteiger partial charge in [0.15, 0.2) is 10.7 Å². The van der Waals surface area contributed by atoms with Crippen LogP contribution in [0, 0.1) is 5.92 Å². The Balaban J connectivity index is 2.46. The molecule has 1 aromatic rings. The number of rotatable bonds is 3. The third-order valence-corrected chi connectivity index (χ3v) is 4.33. The van der Waals surface area contributed by atoms with E-state index in [2.05, 4.69) is 0 Å². The first kappa shape index (κ1) is 13.7.